The first-order chi connectivity index (χ1) is 9.81. The third-order valence-corrected chi connectivity index (χ3v) is 4.43. The molecule has 2 aromatic rings. The maximum absolute atomic E-state index is 5.29. The molecule has 0 bridgehead atoms. The number of rotatable bonds is 5. The van der Waals surface area contributed by atoms with Gasteiger partial charge in [0.2, 0.25) is 12.3 Å². The molecule has 0 amide bonds. The Kier molecular flexibility index (Phi) is 2.76. The Balaban J connectivity index is 1.61. The van der Waals surface area contributed by atoms with Gasteiger partial charge in [0.25, 0.3) is 0 Å². The monoisotopic (exact) mass is 269 g/mol. The van der Waals surface area contributed by atoms with Crippen LogP contribution in [0.2, 0.25) is 0 Å². The Labute approximate surface area is 118 Å². The molecule has 20 heavy (non-hydrogen) atoms. The molecule has 0 atom stereocenters. The summed E-state index contributed by atoms with van der Waals surface area (Å²) in [4.78, 5) is 0. The van der Waals surface area contributed by atoms with Crippen LogP contribution in [0.4, 0.5) is 5.69 Å². The summed E-state index contributed by atoms with van der Waals surface area (Å²) in [7, 11) is 0. The maximum atomic E-state index is 5.29. The van der Waals surface area contributed by atoms with Crippen LogP contribution >= 0.6 is 0 Å². The molecule has 2 saturated carbocycles. The highest BCUT2D eigenvalue weighted by Gasteiger charge is 2.41. The third kappa shape index (κ3) is 2.30. The highest BCUT2D eigenvalue weighted by atomic mass is 16.4. The standard InChI is InChI=1S/C16H19N3O/c1-10-2-3-13(16-19-17-9-20-16)8-14(10)18-15(11-4-5-11)12-6-7-12/h2-3,8-9,11-12,15,18H,4-7H2,1H3. The fourth-order valence-electron chi connectivity index (χ4n) is 2.92. The lowest BCUT2D eigenvalue weighted by molar-refractivity contribution is 0.565. The molecule has 0 radical (unpaired) electrons. The molecule has 4 heteroatoms. The zero-order chi connectivity index (χ0) is 13.5. The van der Waals surface area contributed by atoms with E-state index in [1.807, 2.05) is 6.07 Å². The van der Waals surface area contributed by atoms with Crippen molar-refractivity contribution in [3.8, 4) is 11.5 Å². The van der Waals surface area contributed by atoms with Crippen LogP contribution in [0.1, 0.15) is 31.2 Å². The van der Waals surface area contributed by atoms with Gasteiger partial charge in [0.15, 0.2) is 0 Å². The average Bonchev–Trinajstić information content (AvgIpc) is 3.38. The van der Waals surface area contributed by atoms with Crippen molar-refractivity contribution in [2.24, 2.45) is 11.8 Å². The Bertz CT molecular complexity index is 588. The van der Waals surface area contributed by atoms with Gasteiger partial charge in [-0.15, -0.1) is 10.2 Å². The molecule has 0 spiro atoms. The van der Waals surface area contributed by atoms with Gasteiger partial charge in [-0.2, -0.15) is 0 Å². The first-order valence-corrected chi connectivity index (χ1v) is 7.45. The molecule has 1 aromatic heterocycles. The van der Waals surface area contributed by atoms with Crippen LogP contribution in [-0.2, 0) is 0 Å². The van der Waals surface area contributed by atoms with Crippen molar-refractivity contribution >= 4 is 5.69 Å². The Morgan fingerprint density at radius 2 is 1.95 bits per heavy atom. The summed E-state index contributed by atoms with van der Waals surface area (Å²) >= 11 is 0. The predicted molar refractivity (Wildman–Crippen MR) is 77.3 cm³/mol. The van der Waals surface area contributed by atoms with Gasteiger partial charge in [-0.05, 0) is 62.1 Å². The van der Waals surface area contributed by atoms with E-state index >= 15 is 0 Å². The van der Waals surface area contributed by atoms with E-state index in [-0.39, 0.29) is 0 Å². The van der Waals surface area contributed by atoms with Crippen molar-refractivity contribution in [3.63, 3.8) is 0 Å². The van der Waals surface area contributed by atoms with Gasteiger partial charge in [-0.1, -0.05) is 6.07 Å². The van der Waals surface area contributed by atoms with E-state index in [9.17, 15) is 0 Å². The summed E-state index contributed by atoms with van der Waals surface area (Å²) in [6, 6.07) is 6.96. The number of aromatic nitrogens is 2. The van der Waals surface area contributed by atoms with Crippen LogP contribution in [0.3, 0.4) is 0 Å². The largest absolute Gasteiger partial charge is 0.423 e. The van der Waals surface area contributed by atoms with Gasteiger partial charge in [0.1, 0.15) is 0 Å². The van der Waals surface area contributed by atoms with Gasteiger partial charge in [0, 0.05) is 17.3 Å². The maximum Gasteiger partial charge on any atom is 0.247 e. The summed E-state index contributed by atoms with van der Waals surface area (Å²) in [5.41, 5.74) is 3.48. The average molecular weight is 269 g/mol. The molecule has 2 fully saturated rings. The predicted octanol–water partition coefficient (Wildman–Crippen LogP) is 3.65. The van der Waals surface area contributed by atoms with E-state index < -0.39 is 0 Å². The van der Waals surface area contributed by atoms with Crippen LogP contribution in [0.5, 0.6) is 0 Å². The van der Waals surface area contributed by atoms with Gasteiger partial charge in [-0.3, -0.25) is 0 Å². The molecule has 2 aliphatic rings. The third-order valence-electron chi connectivity index (χ3n) is 4.43. The summed E-state index contributed by atoms with van der Waals surface area (Å²) in [6.07, 6.45) is 6.92. The smallest absolute Gasteiger partial charge is 0.247 e. The first kappa shape index (κ1) is 11.9. The topological polar surface area (TPSA) is 51.0 Å². The van der Waals surface area contributed by atoms with E-state index in [0.29, 0.717) is 11.9 Å². The van der Waals surface area contributed by atoms with Crippen molar-refractivity contribution in [1.29, 1.82) is 0 Å². The zero-order valence-corrected chi connectivity index (χ0v) is 11.7. The second-order valence-corrected chi connectivity index (χ2v) is 6.12. The van der Waals surface area contributed by atoms with Crippen LogP contribution in [0.15, 0.2) is 29.0 Å². The number of nitrogens with one attached hydrogen (secondary N) is 1. The fourth-order valence-corrected chi connectivity index (χ4v) is 2.92. The molecule has 0 aliphatic heterocycles. The van der Waals surface area contributed by atoms with Crippen molar-refractivity contribution in [3.05, 3.63) is 30.2 Å². The number of aryl methyl sites for hydroxylation is 1. The minimum Gasteiger partial charge on any atom is -0.423 e. The van der Waals surface area contributed by atoms with Crippen molar-refractivity contribution in [1.82, 2.24) is 10.2 Å². The highest BCUT2D eigenvalue weighted by molar-refractivity contribution is 5.64. The fraction of sp³-hybridized carbons (Fsp3) is 0.500. The zero-order valence-electron chi connectivity index (χ0n) is 11.7. The summed E-state index contributed by atoms with van der Waals surface area (Å²) in [6.45, 7) is 2.15. The molecule has 1 aromatic carbocycles. The lowest BCUT2D eigenvalue weighted by Gasteiger charge is -2.21. The number of anilines is 1. The molecule has 4 nitrogen and oxygen atoms in total. The van der Waals surface area contributed by atoms with Gasteiger partial charge < -0.3 is 9.73 Å². The number of benzene rings is 1. The summed E-state index contributed by atoms with van der Waals surface area (Å²) in [5, 5.41) is 11.5. The Hall–Kier alpha value is -1.84. The molecule has 2 aliphatic carbocycles. The summed E-state index contributed by atoms with van der Waals surface area (Å²) < 4.78 is 5.29. The van der Waals surface area contributed by atoms with Crippen LogP contribution < -0.4 is 5.32 Å². The van der Waals surface area contributed by atoms with E-state index in [0.717, 1.165) is 17.4 Å². The Morgan fingerprint density at radius 1 is 1.20 bits per heavy atom. The van der Waals surface area contributed by atoms with Gasteiger partial charge in [-0.25, -0.2) is 0 Å². The molecule has 1 heterocycles. The number of hydrogen-bond acceptors (Lipinski definition) is 4. The van der Waals surface area contributed by atoms with Crippen LogP contribution in [0.25, 0.3) is 11.5 Å². The van der Waals surface area contributed by atoms with Crippen molar-refractivity contribution in [2.45, 2.75) is 38.6 Å². The number of hydrogen-bond donors (Lipinski definition) is 1. The van der Waals surface area contributed by atoms with E-state index in [4.69, 9.17) is 4.42 Å². The lowest BCUT2D eigenvalue weighted by Crippen LogP contribution is -2.24. The first-order valence-electron chi connectivity index (χ1n) is 7.45. The minimum absolute atomic E-state index is 0.586. The molecule has 104 valence electrons. The highest BCUT2D eigenvalue weighted by Crippen LogP contribution is 2.46. The van der Waals surface area contributed by atoms with Crippen molar-refractivity contribution in [2.75, 3.05) is 5.32 Å². The van der Waals surface area contributed by atoms with Gasteiger partial charge >= 0.3 is 0 Å². The second kappa shape index (κ2) is 4.62. The molecular formula is C16H19N3O. The summed E-state index contributed by atoms with van der Waals surface area (Å²) in [5.74, 6) is 2.35. The molecule has 4 rings (SSSR count). The molecule has 0 unspecified atom stereocenters. The van der Waals surface area contributed by atoms with Crippen LogP contribution in [-0.4, -0.2) is 16.2 Å². The number of nitrogens with zero attached hydrogens (tertiary/aromatic N) is 2. The van der Waals surface area contributed by atoms with E-state index in [2.05, 4.69) is 34.6 Å². The van der Waals surface area contributed by atoms with Gasteiger partial charge in [0.05, 0.1) is 0 Å². The van der Waals surface area contributed by atoms with Crippen molar-refractivity contribution < 1.29 is 4.42 Å². The minimum atomic E-state index is 0.586. The SMILES string of the molecule is Cc1ccc(-c2nnco2)cc1NC(C1CC1)C1CC1. The van der Waals surface area contributed by atoms with Crippen LogP contribution in [0, 0.1) is 18.8 Å². The molecule has 0 saturated heterocycles. The normalized spacial score (nSPS) is 18.5. The second-order valence-electron chi connectivity index (χ2n) is 6.12. The molecular weight excluding hydrogens is 250 g/mol. The van der Waals surface area contributed by atoms with E-state index in [1.54, 1.807) is 0 Å². The van der Waals surface area contributed by atoms with E-state index in [1.165, 1.54) is 43.3 Å². The quantitative estimate of drug-likeness (QED) is 0.900. The lowest BCUT2D eigenvalue weighted by atomic mass is 10.0. The Morgan fingerprint density at radius 3 is 2.55 bits per heavy atom. The molecule has 1 N–H and O–H groups in total.